The van der Waals surface area contributed by atoms with E-state index in [1.54, 1.807) is 29.2 Å². The quantitative estimate of drug-likeness (QED) is 0.695. The molecular weight excluding hydrogens is 366 g/mol. The summed E-state index contributed by atoms with van der Waals surface area (Å²) in [5, 5.41) is 0. The summed E-state index contributed by atoms with van der Waals surface area (Å²) in [6.07, 6.45) is 1.14. The van der Waals surface area contributed by atoms with Gasteiger partial charge in [0.15, 0.2) is 9.84 Å². The van der Waals surface area contributed by atoms with Gasteiger partial charge in [-0.25, -0.2) is 8.42 Å². The first-order chi connectivity index (χ1) is 11.5. The Hall–Kier alpha value is -1.49. The van der Waals surface area contributed by atoms with E-state index in [4.69, 9.17) is 0 Å². The fraction of sp³-hybridized carbons (Fsp3) is 0.533. The van der Waals surface area contributed by atoms with Crippen LogP contribution in [0.1, 0.15) is 15.9 Å². The molecule has 0 N–H and O–H groups in total. The van der Waals surface area contributed by atoms with Crippen LogP contribution in [-0.2, 0) is 25.8 Å². The van der Waals surface area contributed by atoms with Gasteiger partial charge in [0.25, 0.3) is 16.1 Å². The summed E-state index contributed by atoms with van der Waals surface area (Å²) < 4.78 is 49.5. The lowest BCUT2D eigenvalue weighted by atomic mass is 10.1. The van der Waals surface area contributed by atoms with Crippen LogP contribution in [0.5, 0.6) is 0 Å². The Morgan fingerprint density at radius 2 is 1.68 bits per heavy atom. The second-order valence-electron chi connectivity index (χ2n) is 6.25. The Morgan fingerprint density at radius 3 is 2.20 bits per heavy atom. The molecule has 1 fully saturated rings. The minimum Gasteiger partial charge on any atom is -0.336 e. The molecule has 0 unspecified atom stereocenters. The Kier molecular flexibility index (Phi) is 5.87. The molecule has 10 heteroatoms. The first kappa shape index (κ1) is 19.8. The summed E-state index contributed by atoms with van der Waals surface area (Å²) in [6.45, 7) is 1.05. The van der Waals surface area contributed by atoms with Crippen molar-refractivity contribution in [3.63, 3.8) is 0 Å². The highest BCUT2D eigenvalue weighted by Crippen LogP contribution is 2.15. The molecule has 2 rings (SSSR count). The molecule has 0 bridgehead atoms. The number of amides is 1. The van der Waals surface area contributed by atoms with E-state index in [9.17, 15) is 21.6 Å². The summed E-state index contributed by atoms with van der Waals surface area (Å²) in [6, 6.07) is 6.53. The molecule has 1 aromatic rings. The molecule has 1 saturated heterocycles. The second-order valence-corrected chi connectivity index (χ2v) is 10.5. The molecule has 8 nitrogen and oxygen atoms in total. The number of benzene rings is 1. The van der Waals surface area contributed by atoms with Crippen LogP contribution in [0.4, 0.5) is 0 Å². The van der Waals surface area contributed by atoms with Crippen LogP contribution in [0.3, 0.4) is 0 Å². The van der Waals surface area contributed by atoms with E-state index in [1.165, 1.54) is 18.4 Å². The number of rotatable bonds is 5. The monoisotopic (exact) mass is 389 g/mol. The summed E-state index contributed by atoms with van der Waals surface area (Å²) in [5.74, 6) is -0.347. The third kappa shape index (κ3) is 5.00. The maximum atomic E-state index is 12.6. The van der Waals surface area contributed by atoms with Gasteiger partial charge in [0, 0.05) is 52.1 Å². The first-order valence-electron chi connectivity index (χ1n) is 7.74. The minimum atomic E-state index is -3.48. The summed E-state index contributed by atoms with van der Waals surface area (Å²) in [7, 11) is -3.71. The zero-order valence-electron chi connectivity index (χ0n) is 14.5. The van der Waals surface area contributed by atoms with Crippen molar-refractivity contribution < 1.29 is 21.6 Å². The van der Waals surface area contributed by atoms with Gasteiger partial charge in [-0.15, -0.1) is 0 Å². The molecule has 1 aromatic carbocycles. The zero-order chi connectivity index (χ0) is 18.8. The average Bonchev–Trinajstić information content (AvgIpc) is 2.52. The van der Waals surface area contributed by atoms with Crippen molar-refractivity contribution in [2.24, 2.45) is 0 Å². The molecule has 1 aliphatic rings. The zero-order valence-corrected chi connectivity index (χ0v) is 16.2. The van der Waals surface area contributed by atoms with Crippen LogP contribution in [-0.4, -0.2) is 82.8 Å². The predicted molar refractivity (Wildman–Crippen MR) is 95.1 cm³/mol. The van der Waals surface area contributed by atoms with Gasteiger partial charge in [0.1, 0.15) is 0 Å². The number of nitrogens with zero attached hydrogens (tertiary/aromatic N) is 3. The lowest BCUT2D eigenvalue weighted by Gasteiger charge is -2.35. The largest absolute Gasteiger partial charge is 0.336 e. The lowest BCUT2D eigenvalue weighted by molar-refractivity contribution is 0.0695. The number of sulfone groups is 1. The summed E-state index contributed by atoms with van der Waals surface area (Å²) in [5.41, 5.74) is 0.965. The van der Waals surface area contributed by atoms with Crippen LogP contribution in [0, 0.1) is 0 Å². The third-order valence-electron chi connectivity index (χ3n) is 3.92. The van der Waals surface area contributed by atoms with Crippen LogP contribution in [0.15, 0.2) is 24.3 Å². The number of piperazine rings is 1. The van der Waals surface area contributed by atoms with Gasteiger partial charge in [-0.2, -0.15) is 17.0 Å². The van der Waals surface area contributed by atoms with Crippen molar-refractivity contribution in [1.82, 2.24) is 13.5 Å². The predicted octanol–water partition coefficient (Wildman–Crippen LogP) is -0.205. The number of hydrogen-bond acceptors (Lipinski definition) is 5. The van der Waals surface area contributed by atoms with Crippen LogP contribution >= 0.6 is 0 Å². The minimum absolute atomic E-state index is 0.122. The number of carbonyl (C=O) groups excluding carboxylic acids is 1. The fourth-order valence-electron chi connectivity index (χ4n) is 2.63. The van der Waals surface area contributed by atoms with Crippen molar-refractivity contribution in [1.29, 1.82) is 0 Å². The maximum absolute atomic E-state index is 12.6. The van der Waals surface area contributed by atoms with Gasteiger partial charge in [-0.1, -0.05) is 12.1 Å². The molecule has 0 radical (unpaired) electrons. The second kappa shape index (κ2) is 7.40. The normalized spacial score (nSPS) is 17.0. The van der Waals surface area contributed by atoms with E-state index in [2.05, 4.69) is 0 Å². The molecule has 1 heterocycles. The van der Waals surface area contributed by atoms with Crippen LogP contribution < -0.4 is 0 Å². The molecule has 140 valence electrons. The van der Waals surface area contributed by atoms with E-state index in [0.717, 1.165) is 10.6 Å². The number of carbonyl (C=O) groups is 1. The summed E-state index contributed by atoms with van der Waals surface area (Å²) >= 11 is 0. The third-order valence-corrected chi connectivity index (χ3v) is 6.71. The summed E-state index contributed by atoms with van der Waals surface area (Å²) in [4.78, 5) is 14.2. The van der Waals surface area contributed by atoms with Crippen LogP contribution in [0.25, 0.3) is 0 Å². The van der Waals surface area contributed by atoms with Gasteiger partial charge < -0.3 is 4.90 Å². The highest BCUT2D eigenvalue weighted by molar-refractivity contribution is 7.89. The van der Waals surface area contributed by atoms with Crippen molar-refractivity contribution in [3.05, 3.63) is 35.4 Å². The highest BCUT2D eigenvalue weighted by atomic mass is 32.2. The fourth-order valence-corrected chi connectivity index (χ4v) is 4.50. The SMILES string of the molecule is CN(C)S(=O)(=O)N1CCN(C(=O)c2cccc(CS(C)(=O)=O)c2)CC1. The van der Waals surface area contributed by atoms with E-state index < -0.39 is 20.0 Å². The molecule has 1 amide bonds. The van der Waals surface area contributed by atoms with Crippen molar-refractivity contribution in [3.8, 4) is 0 Å². The Morgan fingerprint density at radius 1 is 1.08 bits per heavy atom. The van der Waals surface area contributed by atoms with Gasteiger partial charge in [-0.3, -0.25) is 4.79 Å². The average molecular weight is 389 g/mol. The maximum Gasteiger partial charge on any atom is 0.281 e. The van der Waals surface area contributed by atoms with Crippen molar-refractivity contribution in [2.45, 2.75) is 5.75 Å². The molecule has 0 saturated carbocycles. The molecule has 0 spiro atoms. The highest BCUT2D eigenvalue weighted by Gasteiger charge is 2.30. The Labute approximate surface area is 149 Å². The van der Waals surface area contributed by atoms with E-state index in [0.29, 0.717) is 24.2 Å². The molecule has 0 atom stereocenters. The van der Waals surface area contributed by atoms with Crippen molar-refractivity contribution >= 4 is 26.0 Å². The molecular formula is C15H23N3O5S2. The van der Waals surface area contributed by atoms with Gasteiger partial charge >= 0.3 is 0 Å². The molecule has 1 aliphatic heterocycles. The standard InChI is InChI=1S/C15H23N3O5S2/c1-16(2)25(22,23)18-9-7-17(8-10-18)15(19)14-6-4-5-13(11-14)12-24(3,20)21/h4-6,11H,7-10,12H2,1-3H3. The van der Waals surface area contributed by atoms with Gasteiger partial charge in [0.2, 0.25) is 0 Å². The Bertz CT molecular complexity index is 842. The lowest BCUT2D eigenvalue weighted by Crippen LogP contribution is -2.53. The Balaban J connectivity index is 2.07. The van der Waals surface area contributed by atoms with Crippen LogP contribution in [0.2, 0.25) is 0 Å². The topological polar surface area (TPSA) is 95.1 Å². The molecule has 0 aromatic heterocycles. The number of hydrogen-bond donors (Lipinski definition) is 0. The van der Waals surface area contributed by atoms with Gasteiger partial charge in [0.05, 0.1) is 5.75 Å². The smallest absolute Gasteiger partial charge is 0.281 e. The van der Waals surface area contributed by atoms with Gasteiger partial charge in [-0.05, 0) is 17.7 Å². The van der Waals surface area contributed by atoms with E-state index >= 15 is 0 Å². The first-order valence-corrected chi connectivity index (χ1v) is 11.2. The molecule has 0 aliphatic carbocycles. The van der Waals surface area contributed by atoms with Crippen molar-refractivity contribution in [2.75, 3.05) is 46.5 Å². The van der Waals surface area contributed by atoms with E-state index in [-0.39, 0.29) is 24.7 Å². The molecule has 25 heavy (non-hydrogen) atoms. The van der Waals surface area contributed by atoms with E-state index in [1.807, 2.05) is 0 Å².